The molecule has 0 saturated carbocycles. The average Bonchev–Trinajstić information content (AvgIpc) is 2.96. The summed E-state index contributed by atoms with van der Waals surface area (Å²) in [4.78, 5) is 50.3. The number of hydrogen-bond acceptors (Lipinski definition) is 6. The molecule has 1 fully saturated rings. The molecule has 3 rings (SSSR count). The quantitative estimate of drug-likeness (QED) is 0.452. The molecular weight excluding hydrogens is 364 g/mol. The van der Waals surface area contributed by atoms with E-state index in [4.69, 9.17) is 9.47 Å². The minimum absolute atomic E-state index is 0.357. The molecule has 28 heavy (non-hydrogen) atoms. The molecule has 1 saturated heterocycles. The molecule has 1 heterocycles. The molecule has 1 aromatic rings. The fourth-order valence-corrected chi connectivity index (χ4v) is 3.47. The van der Waals surface area contributed by atoms with Crippen LogP contribution < -0.4 is 10.1 Å². The van der Waals surface area contributed by atoms with Gasteiger partial charge in [0, 0.05) is 11.8 Å². The summed E-state index contributed by atoms with van der Waals surface area (Å²) in [6, 6.07) is 5.66. The van der Waals surface area contributed by atoms with E-state index >= 15 is 0 Å². The third-order valence-electron chi connectivity index (χ3n) is 4.97. The first-order valence-electron chi connectivity index (χ1n) is 9.05. The molecule has 1 aromatic carbocycles. The molecule has 0 aromatic heterocycles. The van der Waals surface area contributed by atoms with Gasteiger partial charge in [0.2, 0.25) is 11.8 Å². The van der Waals surface area contributed by atoms with Crippen molar-refractivity contribution >= 4 is 29.4 Å². The third-order valence-corrected chi connectivity index (χ3v) is 4.97. The number of benzene rings is 1. The predicted molar refractivity (Wildman–Crippen MR) is 99.3 cm³/mol. The zero-order valence-electron chi connectivity index (χ0n) is 15.7. The van der Waals surface area contributed by atoms with Crippen LogP contribution in [0.4, 0.5) is 5.69 Å². The number of nitrogens with one attached hydrogen (secondary N) is 1. The van der Waals surface area contributed by atoms with Crippen LogP contribution in [0.2, 0.25) is 0 Å². The van der Waals surface area contributed by atoms with Crippen LogP contribution in [0.15, 0.2) is 36.4 Å². The predicted octanol–water partition coefficient (Wildman–Crippen LogP) is 1.52. The number of likely N-dealkylation sites (tertiary alicyclic amines) is 1. The summed E-state index contributed by atoms with van der Waals surface area (Å²) in [6.45, 7) is 0.911. The van der Waals surface area contributed by atoms with Crippen LogP contribution >= 0.6 is 0 Å². The number of ether oxygens (including phenoxy) is 2. The lowest BCUT2D eigenvalue weighted by Crippen LogP contribution is -2.45. The highest BCUT2D eigenvalue weighted by Crippen LogP contribution is 2.36. The number of methoxy groups -OCH3 is 1. The summed E-state index contributed by atoms with van der Waals surface area (Å²) in [6.07, 6.45) is 4.75. The number of amides is 3. The zero-order valence-corrected chi connectivity index (χ0v) is 15.7. The van der Waals surface area contributed by atoms with Crippen molar-refractivity contribution in [1.29, 1.82) is 0 Å². The third kappa shape index (κ3) is 3.90. The van der Waals surface area contributed by atoms with E-state index in [2.05, 4.69) is 5.32 Å². The molecule has 0 radical (unpaired) electrons. The Morgan fingerprint density at radius 2 is 1.82 bits per heavy atom. The van der Waals surface area contributed by atoms with Gasteiger partial charge >= 0.3 is 5.97 Å². The molecule has 0 bridgehead atoms. The maximum absolute atomic E-state index is 12.5. The van der Waals surface area contributed by atoms with Gasteiger partial charge in [-0.15, -0.1) is 0 Å². The molecule has 148 valence electrons. The highest BCUT2D eigenvalue weighted by atomic mass is 16.5. The molecule has 8 heteroatoms. The van der Waals surface area contributed by atoms with E-state index in [1.807, 2.05) is 12.2 Å². The number of esters is 1. The van der Waals surface area contributed by atoms with Crippen LogP contribution in [-0.4, -0.2) is 48.3 Å². The Morgan fingerprint density at radius 3 is 2.43 bits per heavy atom. The number of imide groups is 1. The molecule has 1 aliphatic carbocycles. The molecule has 1 N–H and O–H groups in total. The van der Waals surface area contributed by atoms with E-state index < -0.39 is 36.4 Å². The maximum Gasteiger partial charge on any atom is 0.329 e. The molecule has 3 atom stereocenters. The molecule has 1 aliphatic heterocycles. The van der Waals surface area contributed by atoms with Crippen LogP contribution in [0, 0.1) is 11.8 Å². The van der Waals surface area contributed by atoms with E-state index in [1.165, 1.54) is 14.0 Å². The van der Waals surface area contributed by atoms with Gasteiger partial charge in [-0.05, 0) is 31.9 Å². The molecule has 0 spiro atoms. The Bertz CT molecular complexity index is 808. The topological polar surface area (TPSA) is 102 Å². The van der Waals surface area contributed by atoms with Crippen molar-refractivity contribution in [2.75, 3.05) is 19.0 Å². The minimum Gasteiger partial charge on any atom is -0.497 e. The second-order valence-electron chi connectivity index (χ2n) is 6.77. The summed E-state index contributed by atoms with van der Waals surface area (Å²) in [5, 5.41) is 2.59. The number of carbonyl (C=O) groups is 4. The van der Waals surface area contributed by atoms with Gasteiger partial charge in [-0.1, -0.05) is 18.2 Å². The number of nitrogens with zero attached hydrogens (tertiary/aromatic N) is 1. The SMILES string of the molecule is COc1cccc(NC(=O)COC(=O)[C@H](C)N2C(=O)[C@H]3CC=CC[C@H]3C2=O)c1. The van der Waals surface area contributed by atoms with E-state index in [-0.39, 0.29) is 11.8 Å². The number of allylic oxidation sites excluding steroid dienone is 2. The van der Waals surface area contributed by atoms with Crippen LogP contribution in [0.25, 0.3) is 0 Å². The Labute approximate surface area is 162 Å². The Kier molecular flexibility index (Phi) is 5.77. The summed E-state index contributed by atoms with van der Waals surface area (Å²) in [7, 11) is 1.51. The first-order valence-corrected chi connectivity index (χ1v) is 9.05. The molecular formula is C20H22N2O6. The van der Waals surface area contributed by atoms with Gasteiger partial charge in [-0.2, -0.15) is 0 Å². The monoisotopic (exact) mass is 386 g/mol. The number of anilines is 1. The van der Waals surface area contributed by atoms with Crippen molar-refractivity contribution in [3.8, 4) is 5.75 Å². The summed E-state index contributed by atoms with van der Waals surface area (Å²) >= 11 is 0. The Morgan fingerprint density at radius 1 is 1.18 bits per heavy atom. The van der Waals surface area contributed by atoms with Crippen molar-refractivity contribution in [3.05, 3.63) is 36.4 Å². The highest BCUT2D eigenvalue weighted by molar-refractivity contribution is 6.08. The van der Waals surface area contributed by atoms with Gasteiger partial charge in [0.25, 0.3) is 5.91 Å². The van der Waals surface area contributed by atoms with Crippen LogP contribution in [0.1, 0.15) is 19.8 Å². The normalized spacial score (nSPS) is 21.9. The first-order chi connectivity index (χ1) is 13.4. The highest BCUT2D eigenvalue weighted by Gasteiger charge is 2.50. The fourth-order valence-electron chi connectivity index (χ4n) is 3.47. The van der Waals surface area contributed by atoms with Gasteiger partial charge in [-0.3, -0.25) is 19.3 Å². The first kappa shape index (κ1) is 19.6. The van der Waals surface area contributed by atoms with Crippen molar-refractivity contribution in [1.82, 2.24) is 4.90 Å². The number of rotatable bonds is 6. The van der Waals surface area contributed by atoms with Crippen LogP contribution in [-0.2, 0) is 23.9 Å². The largest absolute Gasteiger partial charge is 0.497 e. The minimum atomic E-state index is -1.07. The van der Waals surface area contributed by atoms with Gasteiger partial charge < -0.3 is 14.8 Å². The van der Waals surface area contributed by atoms with Crippen molar-refractivity contribution in [2.45, 2.75) is 25.8 Å². The zero-order chi connectivity index (χ0) is 20.3. The molecule has 3 amide bonds. The smallest absolute Gasteiger partial charge is 0.329 e. The lowest BCUT2D eigenvalue weighted by molar-refractivity contribution is -0.159. The van der Waals surface area contributed by atoms with E-state index in [9.17, 15) is 19.2 Å². The number of carbonyl (C=O) groups excluding carboxylic acids is 4. The van der Waals surface area contributed by atoms with Crippen molar-refractivity contribution in [3.63, 3.8) is 0 Å². The summed E-state index contributed by atoms with van der Waals surface area (Å²) in [5.74, 6) is -2.30. The van der Waals surface area contributed by atoms with Crippen molar-refractivity contribution < 1.29 is 28.7 Å². The number of hydrogen-bond donors (Lipinski definition) is 1. The maximum atomic E-state index is 12.5. The van der Waals surface area contributed by atoms with Gasteiger partial charge in [0.1, 0.15) is 11.8 Å². The van der Waals surface area contributed by atoms with Crippen LogP contribution in [0.5, 0.6) is 5.75 Å². The Hall–Kier alpha value is -3.16. The van der Waals surface area contributed by atoms with Gasteiger partial charge in [-0.25, -0.2) is 4.79 Å². The lowest BCUT2D eigenvalue weighted by atomic mass is 9.85. The average molecular weight is 386 g/mol. The van der Waals surface area contributed by atoms with Gasteiger partial charge in [0.15, 0.2) is 6.61 Å². The lowest BCUT2D eigenvalue weighted by Gasteiger charge is -2.21. The second kappa shape index (κ2) is 8.24. The van der Waals surface area contributed by atoms with Crippen LogP contribution in [0.3, 0.4) is 0 Å². The van der Waals surface area contributed by atoms with E-state index in [1.54, 1.807) is 24.3 Å². The molecule has 2 aliphatic rings. The summed E-state index contributed by atoms with van der Waals surface area (Å²) < 4.78 is 10.1. The number of fused-ring (bicyclic) bond motifs is 1. The standard InChI is InChI=1S/C20H22N2O6/c1-12(22-18(24)15-8-3-4-9-16(15)19(22)25)20(26)28-11-17(23)21-13-6-5-7-14(10-13)27-2/h3-7,10,12,15-16H,8-9,11H2,1-2H3,(H,21,23)/t12-,15-,16+/m0/s1. The fraction of sp³-hybridized carbons (Fsp3) is 0.400. The summed E-state index contributed by atoms with van der Waals surface area (Å²) in [5.41, 5.74) is 0.495. The second-order valence-corrected chi connectivity index (χ2v) is 6.77. The molecule has 0 unspecified atom stereocenters. The van der Waals surface area contributed by atoms with E-state index in [0.717, 1.165) is 4.90 Å². The van der Waals surface area contributed by atoms with E-state index in [0.29, 0.717) is 24.3 Å². The van der Waals surface area contributed by atoms with Crippen molar-refractivity contribution in [2.24, 2.45) is 11.8 Å². The Balaban J connectivity index is 1.55. The molecule has 8 nitrogen and oxygen atoms in total. The van der Waals surface area contributed by atoms with Gasteiger partial charge in [0.05, 0.1) is 18.9 Å².